The molecule has 2 bridgehead atoms. The number of hydrogen-bond donors (Lipinski definition) is 1. The van der Waals surface area contributed by atoms with Crippen LogP contribution >= 0.6 is 0 Å². The first-order valence-electron chi connectivity index (χ1n) is 7.30. The summed E-state index contributed by atoms with van der Waals surface area (Å²) in [4.78, 5) is 14.6. The lowest BCUT2D eigenvalue weighted by Gasteiger charge is -2.24. The molecule has 1 heterocycles. The third-order valence-corrected chi connectivity index (χ3v) is 5.84. The van der Waals surface area contributed by atoms with Crippen LogP contribution in [0.25, 0.3) is 0 Å². The van der Waals surface area contributed by atoms with Crippen molar-refractivity contribution in [3.05, 3.63) is 0 Å². The lowest BCUT2D eigenvalue weighted by Crippen LogP contribution is -2.39. The number of nitrogens with one attached hydrogen (secondary N) is 1. The summed E-state index contributed by atoms with van der Waals surface area (Å²) in [5.74, 6) is 4.03. The Balaban J connectivity index is 1.56. The van der Waals surface area contributed by atoms with Crippen molar-refractivity contribution in [3.8, 4) is 0 Å². The molecule has 94 valence electrons. The third kappa shape index (κ3) is 1.19. The van der Waals surface area contributed by atoms with Crippen LogP contribution in [-0.4, -0.2) is 29.1 Å². The van der Waals surface area contributed by atoms with Crippen LogP contribution in [0.15, 0.2) is 0 Å². The van der Waals surface area contributed by atoms with Crippen molar-refractivity contribution < 1.29 is 4.79 Å². The zero-order valence-corrected chi connectivity index (χ0v) is 10.7. The Morgan fingerprint density at radius 1 is 1.29 bits per heavy atom. The first-order chi connectivity index (χ1) is 8.22. The molecule has 0 aromatic carbocycles. The molecule has 0 radical (unpaired) electrons. The summed E-state index contributed by atoms with van der Waals surface area (Å²) in [7, 11) is 0. The zero-order valence-electron chi connectivity index (χ0n) is 10.7. The highest BCUT2D eigenvalue weighted by Gasteiger charge is 2.68. The lowest BCUT2D eigenvalue weighted by molar-refractivity contribution is -0.131. The first-order valence-corrected chi connectivity index (χ1v) is 7.30. The molecule has 3 heteroatoms. The van der Waals surface area contributed by atoms with Crippen LogP contribution in [0.1, 0.15) is 39.5 Å². The summed E-state index contributed by atoms with van der Waals surface area (Å²) in [5, 5.41) is 3.44. The number of hydrogen-bond acceptors (Lipinski definition) is 2. The Bertz CT molecular complexity index is 353. The number of amides is 1. The van der Waals surface area contributed by atoms with Gasteiger partial charge in [0.15, 0.2) is 0 Å². The molecule has 17 heavy (non-hydrogen) atoms. The van der Waals surface area contributed by atoms with Crippen molar-refractivity contribution in [2.45, 2.75) is 57.8 Å². The summed E-state index contributed by atoms with van der Waals surface area (Å²) >= 11 is 0. The molecule has 4 fully saturated rings. The van der Waals surface area contributed by atoms with Crippen LogP contribution in [0.5, 0.6) is 0 Å². The van der Waals surface area contributed by atoms with Gasteiger partial charge in [0.25, 0.3) is 0 Å². The van der Waals surface area contributed by atoms with Crippen molar-refractivity contribution in [2.75, 3.05) is 0 Å². The molecule has 3 aliphatic carbocycles. The maximum absolute atomic E-state index is 12.4. The summed E-state index contributed by atoms with van der Waals surface area (Å²) in [6.45, 7) is 4.26. The molecule has 3 saturated carbocycles. The number of carbonyl (C=O) groups excluding carboxylic acids is 1. The average molecular weight is 234 g/mol. The van der Waals surface area contributed by atoms with Gasteiger partial charge in [-0.2, -0.15) is 0 Å². The summed E-state index contributed by atoms with van der Waals surface area (Å²) < 4.78 is 0. The predicted octanol–water partition coefficient (Wildman–Crippen LogP) is 1.59. The van der Waals surface area contributed by atoms with E-state index in [1.807, 2.05) is 0 Å². The van der Waals surface area contributed by atoms with Gasteiger partial charge in [-0.1, -0.05) is 6.92 Å². The van der Waals surface area contributed by atoms with Crippen LogP contribution in [0.4, 0.5) is 0 Å². The van der Waals surface area contributed by atoms with E-state index < -0.39 is 0 Å². The molecular weight excluding hydrogens is 212 g/mol. The van der Waals surface area contributed by atoms with Gasteiger partial charge in [-0.25, -0.2) is 0 Å². The van der Waals surface area contributed by atoms with Gasteiger partial charge in [-0.15, -0.1) is 0 Å². The monoisotopic (exact) mass is 234 g/mol. The standard InChI is InChI=1S/C14H22N2O/c1-3-10-14(17)16(7(2)15-10)13-11-8-4-5-9(6-8)12(11)13/h7-13,15H,3-6H2,1-2H3. The summed E-state index contributed by atoms with van der Waals surface area (Å²) in [6.07, 6.45) is 5.52. The van der Waals surface area contributed by atoms with Gasteiger partial charge < -0.3 is 4.90 Å². The Labute approximate surface area is 103 Å². The number of rotatable bonds is 2. The number of fused-ring (bicyclic) bond motifs is 5. The molecule has 4 rings (SSSR count). The SMILES string of the molecule is CCC1NC(C)N(C2C3C4CCC(C4)C32)C1=O. The largest absolute Gasteiger partial charge is 0.322 e. The van der Waals surface area contributed by atoms with E-state index in [0.717, 1.165) is 30.1 Å². The molecule has 1 N–H and O–H groups in total. The Hall–Kier alpha value is -0.570. The van der Waals surface area contributed by atoms with E-state index in [4.69, 9.17) is 0 Å². The number of carbonyl (C=O) groups is 1. The fraction of sp³-hybridized carbons (Fsp3) is 0.929. The average Bonchev–Trinajstić information content (AvgIpc) is 2.67. The van der Waals surface area contributed by atoms with E-state index in [2.05, 4.69) is 24.1 Å². The molecule has 3 nitrogen and oxygen atoms in total. The molecule has 1 aliphatic heterocycles. The maximum atomic E-state index is 12.4. The van der Waals surface area contributed by atoms with Crippen molar-refractivity contribution in [3.63, 3.8) is 0 Å². The minimum absolute atomic E-state index is 0.0870. The smallest absolute Gasteiger partial charge is 0.241 e. The Morgan fingerprint density at radius 3 is 2.47 bits per heavy atom. The highest BCUT2D eigenvalue weighted by atomic mass is 16.2. The van der Waals surface area contributed by atoms with Crippen LogP contribution < -0.4 is 5.32 Å². The third-order valence-electron chi connectivity index (χ3n) is 5.84. The summed E-state index contributed by atoms with van der Waals surface area (Å²) in [6, 6.07) is 0.691. The molecule has 0 aromatic heterocycles. The molecule has 6 unspecified atom stereocenters. The topological polar surface area (TPSA) is 32.3 Å². The molecule has 0 spiro atoms. The molecule has 1 amide bonds. The minimum Gasteiger partial charge on any atom is -0.322 e. The van der Waals surface area contributed by atoms with Crippen LogP contribution in [0.2, 0.25) is 0 Å². The zero-order chi connectivity index (χ0) is 11.7. The van der Waals surface area contributed by atoms with E-state index in [-0.39, 0.29) is 12.2 Å². The fourth-order valence-electron chi connectivity index (χ4n) is 5.16. The van der Waals surface area contributed by atoms with Gasteiger partial charge in [0.05, 0.1) is 12.2 Å². The molecular formula is C14H22N2O. The van der Waals surface area contributed by atoms with Crippen molar-refractivity contribution in [2.24, 2.45) is 23.7 Å². The van der Waals surface area contributed by atoms with Gasteiger partial charge in [0, 0.05) is 6.04 Å². The van der Waals surface area contributed by atoms with E-state index in [1.54, 1.807) is 0 Å². The maximum Gasteiger partial charge on any atom is 0.241 e. The van der Waals surface area contributed by atoms with Crippen LogP contribution in [-0.2, 0) is 4.79 Å². The quantitative estimate of drug-likeness (QED) is 0.787. The second-order valence-corrected chi connectivity index (χ2v) is 6.53. The Morgan fingerprint density at radius 2 is 1.94 bits per heavy atom. The van der Waals surface area contributed by atoms with E-state index in [1.165, 1.54) is 19.3 Å². The van der Waals surface area contributed by atoms with Gasteiger partial charge in [-0.3, -0.25) is 10.1 Å². The van der Waals surface area contributed by atoms with Crippen molar-refractivity contribution in [1.29, 1.82) is 0 Å². The fourth-order valence-corrected chi connectivity index (χ4v) is 5.16. The normalized spacial score (nSPS) is 55.5. The lowest BCUT2D eigenvalue weighted by atomic mass is 10.0. The minimum atomic E-state index is 0.0870. The summed E-state index contributed by atoms with van der Waals surface area (Å²) in [5.41, 5.74) is 0. The molecule has 4 aliphatic rings. The molecule has 6 atom stereocenters. The van der Waals surface area contributed by atoms with Gasteiger partial charge in [0.1, 0.15) is 0 Å². The van der Waals surface area contributed by atoms with Gasteiger partial charge in [-0.05, 0) is 56.3 Å². The van der Waals surface area contributed by atoms with Gasteiger partial charge in [0.2, 0.25) is 5.91 Å². The Kier molecular flexibility index (Phi) is 1.98. The van der Waals surface area contributed by atoms with Crippen LogP contribution in [0, 0.1) is 23.7 Å². The molecule has 0 aromatic rings. The highest BCUT2D eigenvalue weighted by Crippen LogP contribution is 2.67. The van der Waals surface area contributed by atoms with Crippen LogP contribution in [0.3, 0.4) is 0 Å². The number of nitrogens with zero attached hydrogens (tertiary/aromatic N) is 1. The van der Waals surface area contributed by atoms with E-state index in [0.29, 0.717) is 11.9 Å². The second-order valence-electron chi connectivity index (χ2n) is 6.53. The highest BCUT2D eigenvalue weighted by molar-refractivity contribution is 5.85. The van der Waals surface area contributed by atoms with E-state index >= 15 is 0 Å². The first kappa shape index (κ1) is 10.4. The van der Waals surface area contributed by atoms with Gasteiger partial charge >= 0.3 is 0 Å². The van der Waals surface area contributed by atoms with E-state index in [9.17, 15) is 4.79 Å². The van der Waals surface area contributed by atoms with Crippen molar-refractivity contribution >= 4 is 5.91 Å². The predicted molar refractivity (Wildman–Crippen MR) is 65.1 cm³/mol. The molecule has 1 saturated heterocycles. The van der Waals surface area contributed by atoms with Crippen molar-refractivity contribution in [1.82, 2.24) is 10.2 Å². The second kappa shape index (κ2) is 3.25.